The van der Waals surface area contributed by atoms with Gasteiger partial charge in [-0.2, -0.15) is 0 Å². The van der Waals surface area contributed by atoms with Crippen LogP contribution in [0.3, 0.4) is 0 Å². The van der Waals surface area contributed by atoms with Crippen molar-refractivity contribution in [3.8, 4) is 0 Å². The number of rotatable bonds is 4. The van der Waals surface area contributed by atoms with Gasteiger partial charge >= 0.3 is 0 Å². The van der Waals surface area contributed by atoms with E-state index in [0.717, 1.165) is 25.5 Å². The smallest absolute Gasteiger partial charge is 0.243 e. The zero-order chi connectivity index (χ0) is 17.7. The molecular weight excluding hydrogens is 300 g/mol. The first-order chi connectivity index (χ1) is 11.4. The Morgan fingerprint density at radius 2 is 2.08 bits per heavy atom. The lowest BCUT2D eigenvalue weighted by Crippen LogP contribution is -2.43. The van der Waals surface area contributed by atoms with Crippen molar-refractivity contribution >= 4 is 11.9 Å². The van der Waals surface area contributed by atoms with Crippen LogP contribution in [0.2, 0.25) is 0 Å². The number of amides is 1. The molecule has 1 aromatic carbocycles. The maximum atomic E-state index is 11.9. The first-order valence-electron chi connectivity index (χ1n) is 8.70. The zero-order valence-corrected chi connectivity index (χ0v) is 15.5. The van der Waals surface area contributed by atoms with Gasteiger partial charge in [0.2, 0.25) is 5.91 Å². The Bertz CT molecular complexity index is 595. The van der Waals surface area contributed by atoms with Crippen LogP contribution in [0.25, 0.3) is 0 Å². The molecule has 0 saturated carbocycles. The lowest BCUT2D eigenvalue weighted by atomic mass is 9.94. The number of likely N-dealkylation sites (tertiary alicyclic amines) is 1. The van der Waals surface area contributed by atoms with E-state index >= 15 is 0 Å². The molecule has 1 atom stereocenters. The van der Waals surface area contributed by atoms with Gasteiger partial charge in [-0.1, -0.05) is 24.3 Å². The SMILES string of the molecule is Cc1ccccc1C1CCN(C(=NCC(=O)N(C)C)NC(C)C)C1. The second-order valence-corrected chi connectivity index (χ2v) is 7.02. The van der Waals surface area contributed by atoms with E-state index in [1.165, 1.54) is 11.1 Å². The number of guanidine groups is 1. The fraction of sp³-hybridized carbons (Fsp3) is 0.579. The summed E-state index contributed by atoms with van der Waals surface area (Å²) in [5.41, 5.74) is 2.77. The van der Waals surface area contributed by atoms with Crippen LogP contribution in [-0.2, 0) is 4.79 Å². The molecule has 5 heteroatoms. The number of aryl methyl sites for hydroxylation is 1. The molecule has 0 aliphatic carbocycles. The van der Waals surface area contributed by atoms with Crippen LogP contribution in [0.5, 0.6) is 0 Å². The highest BCUT2D eigenvalue weighted by Crippen LogP contribution is 2.29. The van der Waals surface area contributed by atoms with Crippen LogP contribution in [0.15, 0.2) is 29.3 Å². The van der Waals surface area contributed by atoms with Crippen molar-refractivity contribution in [2.75, 3.05) is 33.7 Å². The molecule has 1 fully saturated rings. The van der Waals surface area contributed by atoms with Gasteiger partial charge in [-0.3, -0.25) is 4.79 Å². The van der Waals surface area contributed by atoms with Crippen molar-refractivity contribution in [3.05, 3.63) is 35.4 Å². The van der Waals surface area contributed by atoms with Gasteiger partial charge in [0.15, 0.2) is 5.96 Å². The predicted molar refractivity (Wildman–Crippen MR) is 99.4 cm³/mol. The molecule has 0 spiro atoms. The standard InChI is InChI=1S/C19H30N4O/c1-14(2)21-19(20-12-18(24)22(4)5)23-11-10-16(13-23)17-9-7-6-8-15(17)3/h6-9,14,16H,10-13H2,1-5H3,(H,20,21). The predicted octanol–water partition coefficient (Wildman–Crippen LogP) is 2.23. The van der Waals surface area contributed by atoms with Crippen molar-refractivity contribution < 1.29 is 4.79 Å². The topological polar surface area (TPSA) is 47.9 Å². The van der Waals surface area contributed by atoms with E-state index in [1.54, 1.807) is 19.0 Å². The summed E-state index contributed by atoms with van der Waals surface area (Å²) in [6.07, 6.45) is 1.12. The lowest BCUT2D eigenvalue weighted by molar-refractivity contribution is -0.127. The number of carbonyl (C=O) groups is 1. The monoisotopic (exact) mass is 330 g/mol. The average molecular weight is 330 g/mol. The molecule has 24 heavy (non-hydrogen) atoms. The minimum atomic E-state index is 0.0210. The van der Waals surface area contributed by atoms with Crippen molar-refractivity contribution in [1.29, 1.82) is 0 Å². The average Bonchev–Trinajstić information content (AvgIpc) is 3.00. The first kappa shape index (κ1) is 18.3. The summed E-state index contributed by atoms with van der Waals surface area (Å²) in [6, 6.07) is 8.89. The molecule has 1 heterocycles. The first-order valence-corrected chi connectivity index (χ1v) is 8.70. The summed E-state index contributed by atoms with van der Waals surface area (Å²) in [6.45, 7) is 8.46. The number of benzene rings is 1. The van der Waals surface area contributed by atoms with E-state index in [-0.39, 0.29) is 18.5 Å². The largest absolute Gasteiger partial charge is 0.354 e. The van der Waals surface area contributed by atoms with Crippen LogP contribution < -0.4 is 5.32 Å². The molecule has 1 unspecified atom stereocenters. The Balaban J connectivity index is 2.09. The van der Waals surface area contributed by atoms with E-state index in [0.29, 0.717) is 5.92 Å². The Kier molecular flexibility index (Phi) is 6.23. The zero-order valence-electron chi connectivity index (χ0n) is 15.5. The number of carbonyl (C=O) groups excluding carboxylic acids is 1. The maximum Gasteiger partial charge on any atom is 0.243 e. The highest BCUT2D eigenvalue weighted by atomic mass is 16.2. The van der Waals surface area contributed by atoms with E-state index in [2.05, 4.69) is 60.2 Å². The minimum Gasteiger partial charge on any atom is -0.354 e. The third-order valence-corrected chi connectivity index (χ3v) is 4.40. The van der Waals surface area contributed by atoms with Crippen molar-refractivity contribution in [3.63, 3.8) is 0 Å². The summed E-state index contributed by atoms with van der Waals surface area (Å²) in [5, 5.41) is 3.41. The van der Waals surface area contributed by atoms with Gasteiger partial charge in [0.1, 0.15) is 6.54 Å². The maximum absolute atomic E-state index is 11.9. The molecule has 2 rings (SSSR count). The number of hydrogen-bond acceptors (Lipinski definition) is 2. The van der Waals surface area contributed by atoms with Crippen molar-refractivity contribution in [2.45, 2.75) is 39.2 Å². The molecule has 1 N–H and O–H groups in total. The third-order valence-electron chi connectivity index (χ3n) is 4.40. The van der Waals surface area contributed by atoms with Gasteiger partial charge in [0, 0.05) is 39.1 Å². The fourth-order valence-electron chi connectivity index (χ4n) is 3.03. The molecule has 1 aliphatic rings. The Labute approximate surface area is 145 Å². The van der Waals surface area contributed by atoms with E-state index in [9.17, 15) is 4.79 Å². The summed E-state index contributed by atoms with van der Waals surface area (Å²) in [5.74, 6) is 1.39. The summed E-state index contributed by atoms with van der Waals surface area (Å²) in [7, 11) is 3.52. The molecule has 0 aromatic heterocycles. The van der Waals surface area contributed by atoms with E-state index < -0.39 is 0 Å². The number of nitrogens with zero attached hydrogens (tertiary/aromatic N) is 3. The molecule has 1 aromatic rings. The highest BCUT2D eigenvalue weighted by molar-refractivity contribution is 5.85. The van der Waals surface area contributed by atoms with Crippen LogP contribution >= 0.6 is 0 Å². The fourth-order valence-corrected chi connectivity index (χ4v) is 3.03. The van der Waals surface area contributed by atoms with E-state index in [4.69, 9.17) is 0 Å². The second kappa shape index (κ2) is 8.18. The van der Waals surface area contributed by atoms with Gasteiger partial charge < -0.3 is 15.1 Å². The highest BCUT2D eigenvalue weighted by Gasteiger charge is 2.27. The van der Waals surface area contributed by atoms with Crippen molar-refractivity contribution in [2.24, 2.45) is 4.99 Å². The number of nitrogens with one attached hydrogen (secondary N) is 1. The molecule has 0 bridgehead atoms. The van der Waals surface area contributed by atoms with Gasteiger partial charge in [-0.15, -0.1) is 0 Å². The Hall–Kier alpha value is -2.04. The van der Waals surface area contributed by atoms with Crippen LogP contribution in [-0.4, -0.2) is 61.4 Å². The molecule has 1 aliphatic heterocycles. The van der Waals surface area contributed by atoms with Gasteiger partial charge in [0.05, 0.1) is 0 Å². The summed E-state index contributed by atoms with van der Waals surface area (Å²) in [4.78, 5) is 20.3. The van der Waals surface area contributed by atoms with Gasteiger partial charge in [-0.25, -0.2) is 4.99 Å². The Morgan fingerprint density at radius 3 is 2.71 bits per heavy atom. The second-order valence-electron chi connectivity index (χ2n) is 7.02. The van der Waals surface area contributed by atoms with E-state index in [1.807, 2.05) is 0 Å². The van der Waals surface area contributed by atoms with Crippen LogP contribution in [0.4, 0.5) is 0 Å². The van der Waals surface area contributed by atoms with Crippen molar-refractivity contribution in [1.82, 2.24) is 15.1 Å². The lowest BCUT2D eigenvalue weighted by Gasteiger charge is -2.24. The summed E-state index contributed by atoms with van der Waals surface area (Å²) < 4.78 is 0. The number of likely N-dealkylation sites (N-methyl/N-ethyl adjacent to an activating group) is 1. The summed E-state index contributed by atoms with van der Waals surface area (Å²) >= 11 is 0. The molecule has 1 amide bonds. The number of hydrogen-bond donors (Lipinski definition) is 1. The minimum absolute atomic E-state index is 0.0210. The van der Waals surface area contributed by atoms with Crippen LogP contribution in [0.1, 0.15) is 37.3 Å². The van der Waals surface area contributed by atoms with Crippen LogP contribution in [0, 0.1) is 6.92 Å². The van der Waals surface area contributed by atoms with Gasteiger partial charge in [0.25, 0.3) is 0 Å². The normalized spacial score (nSPS) is 18.2. The molecule has 132 valence electrons. The molecular formula is C19H30N4O. The third kappa shape index (κ3) is 4.73. The quantitative estimate of drug-likeness (QED) is 0.680. The Morgan fingerprint density at radius 1 is 1.38 bits per heavy atom. The molecule has 1 saturated heterocycles. The number of aliphatic imine (C=N–C) groups is 1. The van der Waals surface area contributed by atoms with Gasteiger partial charge in [-0.05, 0) is 38.3 Å². The molecule has 5 nitrogen and oxygen atoms in total. The molecule has 0 radical (unpaired) electrons.